The molecule has 4 aromatic rings. The Morgan fingerprint density at radius 2 is 2.04 bits per heavy atom. The summed E-state index contributed by atoms with van der Waals surface area (Å²) in [6, 6.07) is 10.9. The summed E-state index contributed by atoms with van der Waals surface area (Å²) in [6.45, 7) is 0. The second kappa shape index (κ2) is 5.54. The zero-order valence-electron chi connectivity index (χ0n) is 12.1. The Morgan fingerprint density at radius 3 is 2.92 bits per heavy atom. The number of hydrogen-bond donors (Lipinski definition) is 1. The number of nitrogens with zero attached hydrogens (tertiary/aromatic N) is 1. The summed E-state index contributed by atoms with van der Waals surface area (Å²) >= 11 is 1.13. The highest BCUT2D eigenvalue weighted by Crippen LogP contribution is 2.26. The molecule has 0 saturated carbocycles. The van der Waals surface area contributed by atoms with Gasteiger partial charge in [-0.25, -0.2) is 9.37 Å². The number of rotatable bonds is 2. The number of aromatic nitrogens is 1. The van der Waals surface area contributed by atoms with Gasteiger partial charge < -0.3 is 4.42 Å². The lowest BCUT2D eigenvalue weighted by Crippen LogP contribution is -2.21. The van der Waals surface area contributed by atoms with E-state index in [1.165, 1.54) is 18.2 Å². The topological polar surface area (TPSA) is 72.2 Å². The summed E-state index contributed by atoms with van der Waals surface area (Å²) in [4.78, 5) is 28.9. The maximum atomic E-state index is 13.2. The van der Waals surface area contributed by atoms with Crippen molar-refractivity contribution >= 4 is 43.6 Å². The number of halogens is 1. The lowest BCUT2D eigenvalue weighted by atomic mass is 10.1. The first-order chi connectivity index (χ1) is 11.6. The molecule has 0 unspecified atom stereocenters. The van der Waals surface area contributed by atoms with Crippen LogP contribution in [-0.4, -0.2) is 10.9 Å². The van der Waals surface area contributed by atoms with Crippen LogP contribution in [0.15, 0.2) is 57.9 Å². The van der Waals surface area contributed by atoms with Gasteiger partial charge in [0.15, 0.2) is 5.13 Å². The van der Waals surface area contributed by atoms with E-state index < -0.39 is 11.3 Å². The van der Waals surface area contributed by atoms with Crippen LogP contribution in [0.25, 0.3) is 21.2 Å². The largest absolute Gasteiger partial charge is 0.463 e. The highest BCUT2D eigenvalue weighted by Gasteiger charge is 2.16. The van der Waals surface area contributed by atoms with Crippen LogP contribution in [0.3, 0.4) is 0 Å². The van der Waals surface area contributed by atoms with Crippen LogP contribution in [0, 0.1) is 5.82 Å². The number of benzene rings is 2. The third kappa shape index (κ3) is 2.44. The summed E-state index contributed by atoms with van der Waals surface area (Å²) in [5.41, 5.74) is 0.456. The standard InChI is InChI=1S/C17H9FN2O3S/c18-9-5-6-12-14(7-9)24-17(19-12)20-16(22)11-8-23-13-4-2-1-3-10(13)15(11)21/h1-8H,(H,19,20,22). The summed E-state index contributed by atoms with van der Waals surface area (Å²) in [7, 11) is 0. The van der Waals surface area contributed by atoms with Crippen molar-refractivity contribution in [1.82, 2.24) is 4.98 Å². The molecule has 0 aliphatic carbocycles. The monoisotopic (exact) mass is 340 g/mol. The first kappa shape index (κ1) is 14.5. The minimum atomic E-state index is -0.617. The third-order valence-electron chi connectivity index (χ3n) is 3.50. The lowest BCUT2D eigenvalue weighted by Gasteiger charge is -2.02. The number of nitrogens with one attached hydrogen (secondary N) is 1. The molecule has 0 radical (unpaired) electrons. The van der Waals surface area contributed by atoms with Crippen LogP contribution in [0.4, 0.5) is 9.52 Å². The average Bonchev–Trinajstić information content (AvgIpc) is 2.96. The molecule has 2 heterocycles. The van der Waals surface area contributed by atoms with Crippen molar-refractivity contribution in [2.24, 2.45) is 0 Å². The molecule has 0 spiro atoms. The zero-order valence-corrected chi connectivity index (χ0v) is 12.9. The molecule has 0 atom stereocenters. The van der Waals surface area contributed by atoms with Crippen molar-refractivity contribution in [3.05, 3.63) is 70.3 Å². The maximum Gasteiger partial charge on any atom is 0.264 e. The first-order valence-corrected chi connectivity index (χ1v) is 7.81. The number of carbonyl (C=O) groups excluding carboxylic acids is 1. The van der Waals surface area contributed by atoms with Gasteiger partial charge in [0, 0.05) is 0 Å². The van der Waals surface area contributed by atoms with Crippen LogP contribution in [0.5, 0.6) is 0 Å². The molecular formula is C17H9FN2O3S. The lowest BCUT2D eigenvalue weighted by molar-refractivity contribution is 0.102. The van der Waals surface area contributed by atoms with Gasteiger partial charge in [-0.05, 0) is 30.3 Å². The molecule has 0 saturated heterocycles. The number of para-hydroxylation sites is 1. The fourth-order valence-corrected chi connectivity index (χ4v) is 3.24. The minimum absolute atomic E-state index is 0.112. The fraction of sp³-hybridized carbons (Fsp3) is 0. The van der Waals surface area contributed by atoms with Gasteiger partial charge in [-0.3, -0.25) is 14.9 Å². The van der Waals surface area contributed by atoms with Gasteiger partial charge in [0.05, 0.1) is 15.6 Å². The number of thiazole rings is 1. The van der Waals surface area contributed by atoms with E-state index in [1.807, 2.05) is 0 Å². The van der Waals surface area contributed by atoms with Gasteiger partial charge in [0.25, 0.3) is 5.91 Å². The summed E-state index contributed by atoms with van der Waals surface area (Å²) < 4.78 is 19.1. The van der Waals surface area contributed by atoms with E-state index >= 15 is 0 Å². The number of carbonyl (C=O) groups is 1. The van der Waals surface area contributed by atoms with Gasteiger partial charge >= 0.3 is 0 Å². The molecule has 0 aliphatic heterocycles. The minimum Gasteiger partial charge on any atom is -0.463 e. The van der Waals surface area contributed by atoms with Crippen molar-refractivity contribution in [2.75, 3.05) is 5.32 Å². The van der Waals surface area contributed by atoms with Gasteiger partial charge in [0.1, 0.15) is 23.2 Å². The predicted molar refractivity (Wildman–Crippen MR) is 90.0 cm³/mol. The number of hydrogen-bond acceptors (Lipinski definition) is 5. The quantitative estimate of drug-likeness (QED) is 0.602. The van der Waals surface area contributed by atoms with Crippen LogP contribution < -0.4 is 10.7 Å². The van der Waals surface area contributed by atoms with Crippen molar-refractivity contribution in [3.63, 3.8) is 0 Å². The van der Waals surface area contributed by atoms with Gasteiger partial charge in [0.2, 0.25) is 5.43 Å². The van der Waals surface area contributed by atoms with E-state index in [1.54, 1.807) is 24.3 Å². The second-order valence-corrected chi connectivity index (χ2v) is 6.09. The molecular weight excluding hydrogens is 331 g/mol. The highest BCUT2D eigenvalue weighted by atomic mass is 32.1. The van der Waals surface area contributed by atoms with Gasteiger partial charge in [-0.2, -0.15) is 0 Å². The Labute approximate surface area is 138 Å². The Hall–Kier alpha value is -3.06. The van der Waals surface area contributed by atoms with Crippen molar-refractivity contribution in [2.45, 2.75) is 0 Å². The second-order valence-electron chi connectivity index (χ2n) is 5.06. The van der Waals surface area contributed by atoms with E-state index in [4.69, 9.17) is 4.42 Å². The fourth-order valence-electron chi connectivity index (χ4n) is 2.35. The van der Waals surface area contributed by atoms with Crippen molar-refractivity contribution < 1.29 is 13.6 Å². The number of fused-ring (bicyclic) bond motifs is 2. The summed E-state index contributed by atoms with van der Waals surface area (Å²) in [5.74, 6) is -0.992. The SMILES string of the molecule is O=C(Nc1nc2ccc(F)cc2s1)c1coc2ccccc2c1=O. The Bertz CT molecular complexity index is 1150. The molecule has 5 nitrogen and oxygen atoms in total. The van der Waals surface area contributed by atoms with E-state index in [9.17, 15) is 14.0 Å². The molecule has 1 N–H and O–H groups in total. The normalized spacial score (nSPS) is 11.0. The Kier molecular flexibility index (Phi) is 3.35. The number of amides is 1. The Balaban J connectivity index is 1.70. The summed E-state index contributed by atoms with van der Waals surface area (Å²) in [5, 5.41) is 3.17. The van der Waals surface area contributed by atoms with Crippen LogP contribution in [-0.2, 0) is 0 Å². The number of anilines is 1. The molecule has 0 bridgehead atoms. The van der Waals surface area contributed by atoms with Crippen molar-refractivity contribution in [1.29, 1.82) is 0 Å². The summed E-state index contributed by atoms with van der Waals surface area (Å²) in [6.07, 6.45) is 1.13. The van der Waals surface area contributed by atoms with E-state index in [2.05, 4.69) is 10.3 Å². The first-order valence-electron chi connectivity index (χ1n) is 7.00. The third-order valence-corrected chi connectivity index (χ3v) is 4.43. The van der Waals surface area contributed by atoms with E-state index in [-0.39, 0.29) is 16.5 Å². The van der Waals surface area contributed by atoms with Crippen LogP contribution >= 0.6 is 11.3 Å². The molecule has 2 aromatic carbocycles. The van der Waals surface area contributed by atoms with Crippen LogP contribution in [0.1, 0.15) is 10.4 Å². The molecule has 7 heteroatoms. The molecule has 0 fully saturated rings. The maximum absolute atomic E-state index is 13.2. The van der Waals surface area contributed by atoms with Gasteiger partial charge in [-0.15, -0.1) is 0 Å². The van der Waals surface area contributed by atoms with E-state index in [0.29, 0.717) is 21.2 Å². The van der Waals surface area contributed by atoms with Crippen LogP contribution in [0.2, 0.25) is 0 Å². The van der Waals surface area contributed by atoms with Gasteiger partial charge in [-0.1, -0.05) is 23.5 Å². The van der Waals surface area contributed by atoms with Crippen molar-refractivity contribution in [3.8, 4) is 0 Å². The predicted octanol–water partition coefficient (Wildman–Crippen LogP) is 3.79. The molecule has 118 valence electrons. The smallest absolute Gasteiger partial charge is 0.264 e. The molecule has 0 aliphatic rings. The molecule has 24 heavy (non-hydrogen) atoms. The average molecular weight is 340 g/mol. The highest BCUT2D eigenvalue weighted by molar-refractivity contribution is 7.22. The Morgan fingerprint density at radius 1 is 1.21 bits per heavy atom. The molecule has 4 rings (SSSR count). The molecule has 2 aromatic heterocycles. The van der Waals surface area contributed by atoms with E-state index in [0.717, 1.165) is 17.6 Å². The zero-order chi connectivity index (χ0) is 16.7. The molecule has 1 amide bonds.